The van der Waals surface area contributed by atoms with E-state index in [9.17, 15) is 9.90 Å². The average Bonchev–Trinajstić information content (AvgIpc) is 2.48. The van der Waals surface area contributed by atoms with Crippen LogP contribution in [0.4, 0.5) is 0 Å². The summed E-state index contributed by atoms with van der Waals surface area (Å²) in [6, 6.07) is 3.66. The molecule has 0 amide bonds. The molecule has 0 aromatic heterocycles. The number of rotatable bonds is 4. The van der Waals surface area contributed by atoms with Gasteiger partial charge in [0.05, 0.1) is 19.6 Å². The van der Waals surface area contributed by atoms with Crippen LogP contribution in [0.3, 0.4) is 0 Å². The van der Waals surface area contributed by atoms with E-state index >= 15 is 0 Å². The van der Waals surface area contributed by atoms with Crippen molar-refractivity contribution >= 4 is 5.97 Å². The number of benzene rings is 1. The number of hydrogen-bond acceptors (Lipinski definition) is 3. The van der Waals surface area contributed by atoms with Gasteiger partial charge >= 0.3 is 5.97 Å². The van der Waals surface area contributed by atoms with E-state index in [1.54, 1.807) is 20.3 Å². The summed E-state index contributed by atoms with van der Waals surface area (Å²) in [7, 11) is 3.18. The predicted octanol–water partition coefficient (Wildman–Crippen LogP) is 3.30. The normalized spacial score (nSPS) is 17.6. The fourth-order valence-corrected chi connectivity index (χ4v) is 3.24. The molecule has 1 aliphatic carbocycles. The van der Waals surface area contributed by atoms with Crippen LogP contribution in [-0.4, -0.2) is 25.3 Å². The second-order valence-electron chi connectivity index (χ2n) is 5.45. The minimum absolute atomic E-state index is 0.647. The van der Waals surface area contributed by atoms with Crippen LogP contribution in [0.2, 0.25) is 0 Å². The molecule has 1 aliphatic rings. The quantitative estimate of drug-likeness (QED) is 0.918. The Labute approximate surface area is 119 Å². The summed E-state index contributed by atoms with van der Waals surface area (Å²) in [5.74, 6) is 0.592. The van der Waals surface area contributed by atoms with E-state index in [1.807, 2.05) is 13.0 Å². The molecule has 20 heavy (non-hydrogen) atoms. The highest BCUT2D eigenvalue weighted by atomic mass is 16.5. The van der Waals surface area contributed by atoms with Gasteiger partial charge < -0.3 is 14.6 Å². The maximum atomic E-state index is 11.9. The molecule has 4 nitrogen and oxygen atoms in total. The minimum atomic E-state index is -0.801. The molecule has 0 aliphatic heterocycles. The van der Waals surface area contributed by atoms with Crippen molar-refractivity contribution in [3.05, 3.63) is 23.3 Å². The molecule has 0 atom stereocenters. The van der Waals surface area contributed by atoms with Gasteiger partial charge in [0.2, 0.25) is 0 Å². The first-order chi connectivity index (χ1) is 9.55. The monoisotopic (exact) mass is 278 g/mol. The first kappa shape index (κ1) is 14.7. The first-order valence-electron chi connectivity index (χ1n) is 7.01. The molecular weight excluding hydrogens is 256 g/mol. The maximum absolute atomic E-state index is 11.9. The number of hydrogen-bond donors (Lipinski definition) is 1. The Balaban J connectivity index is 2.61. The van der Waals surface area contributed by atoms with Gasteiger partial charge in [-0.3, -0.25) is 4.79 Å². The van der Waals surface area contributed by atoms with Gasteiger partial charge in [-0.15, -0.1) is 0 Å². The van der Waals surface area contributed by atoms with Gasteiger partial charge in [0.15, 0.2) is 0 Å². The number of carbonyl (C=O) groups is 1. The van der Waals surface area contributed by atoms with Crippen molar-refractivity contribution < 1.29 is 19.4 Å². The zero-order valence-corrected chi connectivity index (χ0v) is 12.4. The van der Waals surface area contributed by atoms with Gasteiger partial charge in [0.1, 0.15) is 11.5 Å². The molecule has 4 heteroatoms. The molecule has 1 aromatic carbocycles. The fourth-order valence-electron chi connectivity index (χ4n) is 3.24. The lowest BCUT2D eigenvalue weighted by Gasteiger charge is -2.35. The Morgan fingerprint density at radius 2 is 1.80 bits per heavy atom. The van der Waals surface area contributed by atoms with Crippen LogP contribution >= 0.6 is 0 Å². The van der Waals surface area contributed by atoms with Crippen molar-refractivity contribution in [1.29, 1.82) is 0 Å². The van der Waals surface area contributed by atoms with E-state index in [2.05, 4.69) is 0 Å². The van der Waals surface area contributed by atoms with Gasteiger partial charge in [-0.25, -0.2) is 0 Å². The second kappa shape index (κ2) is 5.73. The molecule has 0 saturated heterocycles. The highest BCUT2D eigenvalue weighted by Crippen LogP contribution is 2.44. The lowest BCUT2D eigenvalue weighted by atomic mass is 9.68. The van der Waals surface area contributed by atoms with E-state index in [0.29, 0.717) is 24.3 Å². The van der Waals surface area contributed by atoms with Crippen molar-refractivity contribution in [3.8, 4) is 11.5 Å². The van der Waals surface area contributed by atoms with Crippen LogP contribution in [-0.2, 0) is 10.2 Å². The van der Waals surface area contributed by atoms with Crippen molar-refractivity contribution in [1.82, 2.24) is 0 Å². The maximum Gasteiger partial charge on any atom is 0.314 e. The number of carboxylic acids is 1. The van der Waals surface area contributed by atoms with Crippen LogP contribution < -0.4 is 9.47 Å². The van der Waals surface area contributed by atoms with Crippen LogP contribution in [0.25, 0.3) is 0 Å². The summed E-state index contributed by atoms with van der Waals surface area (Å²) < 4.78 is 10.7. The Morgan fingerprint density at radius 1 is 1.15 bits per heavy atom. The summed E-state index contributed by atoms with van der Waals surface area (Å²) in [6.45, 7) is 1.92. The van der Waals surface area contributed by atoms with E-state index in [4.69, 9.17) is 9.47 Å². The van der Waals surface area contributed by atoms with Crippen molar-refractivity contribution in [2.24, 2.45) is 0 Å². The third kappa shape index (κ3) is 2.35. The Kier molecular flexibility index (Phi) is 4.21. The first-order valence-corrected chi connectivity index (χ1v) is 7.01. The molecule has 2 rings (SSSR count). The van der Waals surface area contributed by atoms with Gasteiger partial charge in [0, 0.05) is 6.07 Å². The molecule has 1 aromatic rings. The molecular formula is C16H22O4. The topological polar surface area (TPSA) is 55.8 Å². The smallest absolute Gasteiger partial charge is 0.314 e. The predicted molar refractivity (Wildman–Crippen MR) is 76.7 cm³/mol. The van der Waals surface area contributed by atoms with Gasteiger partial charge in [-0.1, -0.05) is 19.3 Å². The summed E-state index contributed by atoms with van der Waals surface area (Å²) in [4.78, 5) is 11.9. The lowest BCUT2D eigenvalue weighted by molar-refractivity contribution is -0.145. The number of carboxylic acid groups (broad SMARTS) is 1. The zero-order valence-electron chi connectivity index (χ0n) is 12.4. The lowest BCUT2D eigenvalue weighted by Crippen LogP contribution is -2.38. The number of aliphatic carboxylic acids is 1. The molecule has 110 valence electrons. The van der Waals surface area contributed by atoms with E-state index in [1.165, 1.54) is 0 Å². The Morgan fingerprint density at radius 3 is 2.30 bits per heavy atom. The highest BCUT2D eigenvalue weighted by Gasteiger charge is 2.43. The highest BCUT2D eigenvalue weighted by molar-refractivity contribution is 5.82. The molecule has 1 N–H and O–H groups in total. The van der Waals surface area contributed by atoms with E-state index in [0.717, 1.165) is 30.4 Å². The van der Waals surface area contributed by atoms with Crippen LogP contribution in [0.1, 0.15) is 43.2 Å². The SMILES string of the molecule is COc1cc(OC)c(C)c(C2(C(=O)O)CCCCC2)c1. The minimum Gasteiger partial charge on any atom is -0.497 e. The Bertz CT molecular complexity index is 501. The third-order valence-corrected chi connectivity index (χ3v) is 4.42. The van der Waals surface area contributed by atoms with E-state index in [-0.39, 0.29) is 0 Å². The largest absolute Gasteiger partial charge is 0.497 e. The number of ether oxygens (including phenoxy) is 2. The van der Waals surface area contributed by atoms with Crippen LogP contribution in [0.5, 0.6) is 11.5 Å². The van der Waals surface area contributed by atoms with E-state index < -0.39 is 11.4 Å². The van der Waals surface area contributed by atoms with Gasteiger partial charge in [-0.2, -0.15) is 0 Å². The summed E-state index contributed by atoms with van der Waals surface area (Å²) in [5.41, 5.74) is 0.933. The third-order valence-electron chi connectivity index (χ3n) is 4.42. The fraction of sp³-hybridized carbons (Fsp3) is 0.562. The van der Waals surface area contributed by atoms with Crippen molar-refractivity contribution in [2.75, 3.05) is 14.2 Å². The average molecular weight is 278 g/mol. The molecule has 0 bridgehead atoms. The van der Waals surface area contributed by atoms with Crippen molar-refractivity contribution in [2.45, 2.75) is 44.4 Å². The zero-order chi connectivity index (χ0) is 14.8. The Hall–Kier alpha value is -1.71. The van der Waals surface area contributed by atoms with Gasteiger partial charge in [0.25, 0.3) is 0 Å². The summed E-state index contributed by atoms with van der Waals surface area (Å²) in [5, 5.41) is 9.81. The molecule has 0 heterocycles. The van der Waals surface area contributed by atoms with Gasteiger partial charge in [-0.05, 0) is 37.0 Å². The summed E-state index contributed by atoms with van der Waals surface area (Å²) in [6.07, 6.45) is 4.37. The van der Waals surface area contributed by atoms with Crippen molar-refractivity contribution in [3.63, 3.8) is 0 Å². The molecule has 0 radical (unpaired) electrons. The van der Waals surface area contributed by atoms with Crippen LogP contribution in [0.15, 0.2) is 12.1 Å². The molecule has 1 saturated carbocycles. The molecule has 0 unspecified atom stereocenters. The standard InChI is InChI=1S/C16H22O4/c1-11-13(9-12(19-2)10-14(11)20-3)16(15(17)18)7-5-4-6-8-16/h9-10H,4-8H2,1-3H3,(H,17,18). The number of methoxy groups -OCH3 is 2. The summed E-state index contributed by atoms with van der Waals surface area (Å²) >= 11 is 0. The second-order valence-corrected chi connectivity index (χ2v) is 5.45. The molecule has 0 spiro atoms. The van der Waals surface area contributed by atoms with Crippen LogP contribution in [0, 0.1) is 6.92 Å². The molecule has 1 fully saturated rings.